The molecule has 17 heavy (non-hydrogen) atoms. The van der Waals surface area contributed by atoms with Gasteiger partial charge in [0.15, 0.2) is 0 Å². The third-order valence-corrected chi connectivity index (χ3v) is 2.48. The third-order valence-electron chi connectivity index (χ3n) is 2.48. The van der Waals surface area contributed by atoms with E-state index in [9.17, 15) is 4.79 Å². The first kappa shape index (κ1) is 13.3. The second kappa shape index (κ2) is 6.10. The number of likely N-dealkylation sites (N-methyl/N-ethyl adjacent to an activating group) is 1. The normalized spacial score (nSPS) is 10.1. The molecule has 0 aliphatic heterocycles. The van der Waals surface area contributed by atoms with Crippen LogP contribution in [0, 0.1) is 0 Å². The topological polar surface area (TPSA) is 78.6 Å². The lowest BCUT2D eigenvalue weighted by Gasteiger charge is -2.20. The predicted octanol–water partition coefficient (Wildman–Crippen LogP) is 0.447. The molecule has 0 aliphatic rings. The van der Waals surface area contributed by atoms with Crippen LogP contribution in [0.3, 0.4) is 0 Å². The number of nitrogens with two attached hydrogens (primary N) is 1. The molecule has 0 saturated carbocycles. The van der Waals surface area contributed by atoms with E-state index in [4.69, 9.17) is 10.8 Å². The Morgan fingerprint density at radius 1 is 1.53 bits per heavy atom. The van der Waals surface area contributed by atoms with Crippen molar-refractivity contribution < 1.29 is 9.90 Å². The smallest absolute Gasteiger partial charge is 0.251 e. The number of benzene rings is 1. The molecule has 1 rings (SSSR count). The molecule has 0 unspecified atom stereocenters. The van der Waals surface area contributed by atoms with Gasteiger partial charge in [-0.2, -0.15) is 0 Å². The largest absolute Gasteiger partial charge is 0.397 e. The van der Waals surface area contributed by atoms with Gasteiger partial charge in [0.25, 0.3) is 5.91 Å². The van der Waals surface area contributed by atoms with Gasteiger partial charge < -0.3 is 21.1 Å². The van der Waals surface area contributed by atoms with Gasteiger partial charge in [0.2, 0.25) is 0 Å². The van der Waals surface area contributed by atoms with Gasteiger partial charge in [-0.1, -0.05) is 0 Å². The van der Waals surface area contributed by atoms with E-state index in [0.29, 0.717) is 24.3 Å². The Morgan fingerprint density at radius 3 is 2.82 bits per heavy atom. The van der Waals surface area contributed by atoms with Crippen molar-refractivity contribution >= 4 is 17.3 Å². The highest BCUT2D eigenvalue weighted by Crippen LogP contribution is 2.23. The molecule has 0 bridgehead atoms. The van der Waals surface area contributed by atoms with E-state index in [2.05, 4.69) is 5.32 Å². The van der Waals surface area contributed by atoms with Gasteiger partial charge in [-0.3, -0.25) is 4.79 Å². The van der Waals surface area contributed by atoms with Crippen LogP contribution in [0.15, 0.2) is 18.2 Å². The van der Waals surface area contributed by atoms with Gasteiger partial charge in [-0.05, 0) is 25.1 Å². The molecule has 0 aromatic heterocycles. The zero-order valence-corrected chi connectivity index (χ0v) is 10.2. The predicted molar refractivity (Wildman–Crippen MR) is 69.2 cm³/mol. The number of nitrogens with zero attached hydrogens (tertiary/aromatic N) is 1. The molecule has 1 aromatic carbocycles. The van der Waals surface area contributed by atoms with Gasteiger partial charge in [0, 0.05) is 25.7 Å². The lowest BCUT2D eigenvalue weighted by molar-refractivity contribution is 0.0956. The van der Waals surface area contributed by atoms with Crippen molar-refractivity contribution in [2.45, 2.75) is 6.92 Å². The Labute approximate surface area is 101 Å². The fourth-order valence-corrected chi connectivity index (χ4v) is 1.55. The van der Waals surface area contributed by atoms with Crippen LogP contribution in [0.2, 0.25) is 0 Å². The van der Waals surface area contributed by atoms with Gasteiger partial charge in [0.05, 0.1) is 18.0 Å². The lowest BCUT2D eigenvalue weighted by Crippen LogP contribution is -2.25. The van der Waals surface area contributed by atoms with Crippen molar-refractivity contribution in [3.63, 3.8) is 0 Å². The van der Waals surface area contributed by atoms with Crippen LogP contribution >= 0.6 is 0 Å². The molecule has 1 amide bonds. The van der Waals surface area contributed by atoms with Gasteiger partial charge in [0.1, 0.15) is 0 Å². The first-order valence-corrected chi connectivity index (χ1v) is 5.59. The minimum absolute atomic E-state index is 0.0430. The van der Waals surface area contributed by atoms with E-state index in [1.165, 1.54) is 0 Å². The molecule has 0 atom stereocenters. The third kappa shape index (κ3) is 3.35. The zero-order valence-electron chi connectivity index (χ0n) is 10.2. The number of carbonyl (C=O) groups excluding carboxylic acids is 1. The first-order valence-electron chi connectivity index (χ1n) is 5.59. The van der Waals surface area contributed by atoms with Crippen molar-refractivity contribution in [1.29, 1.82) is 0 Å². The summed E-state index contributed by atoms with van der Waals surface area (Å²) in [5, 5.41) is 11.6. The number of carbonyl (C=O) groups is 1. The van der Waals surface area contributed by atoms with E-state index >= 15 is 0 Å². The lowest BCUT2D eigenvalue weighted by atomic mass is 10.1. The molecule has 5 heteroatoms. The van der Waals surface area contributed by atoms with Gasteiger partial charge >= 0.3 is 0 Å². The van der Waals surface area contributed by atoms with Gasteiger partial charge in [-0.25, -0.2) is 0 Å². The molecular weight excluding hydrogens is 218 g/mol. The Balaban J connectivity index is 2.97. The number of anilines is 2. The van der Waals surface area contributed by atoms with Crippen molar-refractivity contribution in [2.75, 3.05) is 37.4 Å². The van der Waals surface area contributed by atoms with Crippen molar-refractivity contribution in [1.82, 2.24) is 5.32 Å². The summed E-state index contributed by atoms with van der Waals surface area (Å²) in [6.45, 7) is 2.98. The summed E-state index contributed by atoms with van der Waals surface area (Å²) in [5.74, 6) is -0.119. The molecule has 0 heterocycles. The summed E-state index contributed by atoms with van der Waals surface area (Å²) in [6.07, 6.45) is 0. The summed E-state index contributed by atoms with van der Waals surface area (Å²) in [4.78, 5) is 13.5. The minimum Gasteiger partial charge on any atom is -0.397 e. The van der Waals surface area contributed by atoms with Crippen LogP contribution in [0.25, 0.3) is 0 Å². The highest BCUT2D eigenvalue weighted by Gasteiger charge is 2.10. The Kier molecular flexibility index (Phi) is 4.78. The number of nitrogens with one attached hydrogen (secondary N) is 1. The quantitative estimate of drug-likeness (QED) is 0.650. The summed E-state index contributed by atoms with van der Waals surface area (Å²) < 4.78 is 0. The van der Waals surface area contributed by atoms with E-state index in [1.807, 2.05) is 18.9 Å². The molecule has 4 N–H and O–H groups in total. The Morgan fingerprint density at radius 2 is 2.24 bits per heavy atom. The molecule has 0 saturated heterocycles. The minimum atomic E-state index is -0.119. The average molecular weight is 237 g/mol. The number of amides is 1. The second-order valence-corrected chi connectivity index (χ2v) is 3.78. The zero-order chi connectivity index (χ0) is 12.8. The van der Waals surface area contributed by atoms with E-state index in [0.717, 1.165) is 5.69 Å². The summed E-state index contributed by atoms with van der Waals surface area (Å²) in [7, 11) is 1.82. The van der Waals surface area contributed by atoms with E-state index in [1.54, 1.807) is 18.2 Å². The molecule has 0 spiro atoms. The van der Waals surface area contributed by atoms with Crippen LogP contribution in [0.4, 0.5) is 11.4 Å². The maximum atomic E-state index is 11.7. The standard InChI is InChI=1S/C12H19N3O2/c1-3-14-12(17)9-4-5-10(13)11(8-9)15(2)6-7-16/h4-5,8,16H,3,6-7,13H2,1-2H3,(H,14,17). The van der Waals surface area contributed by atoms with E-state index in [-0.39, 0.29) is 12.5 Å². The summed E-state index contributed by atoms with van der Waals surface area (Å²) in [6, 6.07) is 5.13. The second-order valence-electron chi connectivity index (χ2n) is 3.78. The number of hydrogen-bond acceptors (Lipinski definition) is 4. The maximum Gasteiger partial charge on any atom is 0.251 e. The molecule has 0 fully saturated rings. The highest BCUT2D eigenvalue weighted by molar-refractivity contribution is 5.96. The number of aliphatic hydroxyl groups excluding tert-OH is 1. The van der Waals surface area contributed by atoms with Crippen LogP contribution in [-0.4, -0.2) is 37.8 Å². The fraction of sp³-hybridized carbons (Fsp3) is 0.417. The molecule has 5 nitrogen and oxygen atoms in total. The summed E-state index contributed by atoms with van der Waals surface area (Å²) >= 11 is 0. The first-order chi connectivity index (χ1) is 8.10. The molecule has 0 aliphatic carbocycles. The SMILES string of the molecule is CCNC(=O)c1ccc(N)c(N(C)CCO)c1. The van der Waals surface area contributed by atoms with E-state index < -0.39 is 0 Å². The average Bonchev–Trinajstić information content (AvgIpc) is 2.30. The van der Waals surface area contributed by atoms with Crippen LogP contribution < -0.4 is 16.0 Å². The van der Waals surface area contributed by atoms with Crippen LogP contribution in [-0.2, 0) is 0 Å². The van der Waals surface area contributed by atoms with Crippen molar-refractivity contribution in [3.8, 4) is 0 Å². The number of aliphatic hydroxyl groups is 1. The number of rotatable bonds is 5. The Bertz CT molecular complexity index is 393. The van der Waals surface area contributed by atoms with Crippen LogP contribution in [0.1, 0.15) is 17.3 Å². The monoisotopic (exact) mass is 237 g/mol. The summed E-state index contributed by atoms with van der Waals surface area (Å²) in [5.41, 5.74) is 7.75. The fourth-order valence-electron chi connectivity index (χ4n) is 1.55. The number of nitrogen functional groups attached to an aromatic ring is 1. The molecule has 1 aromatic rings. The molecule has 0 radical (unpaired) electrons. The Hall–Kier alpha value is -1.75. The van der Waals surface area contributed by atoms with Crippen molar-refractivity contribution in [3.05, 3.63) is 23.8 Å². The van der Waals surface area contributed by atoms with Crippen molar-refractivity contribution in [2.24, 2.45) is 0 Å². The van der Waals surface area contributed by atoms with Gasteiger partial charge in [-0.15, -0.1) is 0 Å². The van der Waals surface area contributed by atoms with Crippen LogP contribution in [0.5, 0.6) is 0 Å². The molecular formula is C12H19N3O2. The number of hydrogen-bond donors (Lipinski definition) is 3. The highest BCUT2D eigenvalue weighted by atomic mass is 16.3. The maximum absolute atomic E-state index is 11.7. The molecule has 94 valence electrons.